The zero-order chi connectivity index (χ0) is 12.3. The first-order chi connectivity index (χ1) is 8.20. The Balaban J connectivity index is 2.10. The summed E-state index contributed by atoms with van der Waals surface area (Å²) in [5.41, 5.74) is 7.12. The zero-order valence-corrected chi connectivity index (χ0v) is 12.1. The standard InChI is InChI=1S/C12H16BrN3S/c1-2-3-4-8(14)12-15-7-9(16-12)10-5-6-11(13)17-10/h5-8H,2-4,14H2,1H3,(H,15,16). The number of unbranched alkanes of at least 4 members (excludes halogenated alkanes) is 1. The maximum Gasteiger partial charge on any atom is 0.123 e. The van der Waals surface area contributed by atoms with Gasteiger partial charge < -0.3 is 10.7 Å². The number of aromatic nitrogens is 2. The lowest BCUT2D eigenvalue weighted by molar-refractivity contribution is 0.580. The number of halogens is 1. The Morgan fingerprint density at radius 2 is 2.35 bits per heavy atom. The highest BCUT2D eigenvalue weighted by molar-refractivity contribution is 9.11. The number of aromatic amines is 1. The molecule has 1 unspecified atom stereocenters. The van der Waals surface area contributed by atoms with Crippen molar-refractivity contribution in [2.45, 2.75) is 32.2 Å². The number of hydrogen-bond acceptors (Lipinski definition) is 3. The predicted molar refractivity (Wildman–Crippen MR) is 76.1 cm³/mol. The Bertz CT molecular complexity index is 478. The zero-order valence-electron chi connectivity index (χ0n) is 9.74. The minimum Gasteiger partial charge on any atom is -0.340 e. The summed E-state index contributed by atoms with van der Waals surface area (Å²) in [4.78, 5) is 8.85. The highest BCUT2D eigenvalue weighted by atomic mass is 79.9. The minimum absolute atomic E-state index is 0.0205. The number of thiophene rings is 1. The lowest BCUT2D eigenvalue weighted by Crippen LogP contribution is -2.11. The van der Waals surface area contributed by atoms with Crippen molar-refractivity contribution in [3.05, 3.63) is 27.9 Å². The largest absolute Gasteiger partial charge is 0.340 e. The SMILES string of the molecule is CCCCC(N)c1ncc(-c2ccc(Br)s2)[nH]1. The third kappa shape index (κ3) is 3.18. The van der Waals surface area contributed by atoms with Crippen molar-refractivity contribution in [2.24, 2.45) is 5.73 Å². The van der Waals surface area contributed by atoms with Crippen LogP contribution >= 0.6 is 27.3 Å². The Morgan fingerprint density at radius 1 is 1.53 bits per heavy atom. The first kappa shape index (κ1) is 12.8. The molecule has 0 fully saturated rings. The van der Waals surface area contributed by atoms with Gasteiger partial charge in [-0.25, -0.2) is 4.98 Å². The Morgan fingerprint density at radius 3 is 3.00 bits per heavy atom. The molecule has 17 heavy (non-hydrogen) atoms. The molecule has 0 amide bonds. The van der Waals surface area contributed by atoms with Crippen molar-refractivity contribution in [2.75, 3.05) is 0 Å². The maximum absolute atomic E-state index is 6.08. The van der Waals surface area contributed by atoms with Crippen LogP contribution in [-0.4, -0.2) is 9.97 Å². The van der Waals surface area contributed by atoms with Crippen molar-refractivity contribution in [3.63, 3.8) is 0 Å². The van der Waals surface area contributed by atoms with E-state index < -0.39 is 0 Å². The van der Waals surface area contributed by atoms with Gasteiger partial charge >= 0.3 is 0 Å². The van der Waals surface area contributed by atoms with Crippen LogP contribution in [0.5, 0.6) is 0 Å². The van der Waals surface area contributed by atoms with E-state index in [1.807, 2.05) is 12.3 Å². The second-order valence-corrected chi connectivity index (χ2v) is 6.50. The lowest BCUT2D eigenvalue weighted by atomic mass is 10.1. The van der Waals surface area contributed by atoms with E-state index in [0.717, 1.165) is 28.1 Å². The first-order valence-electron chi connectivity index (χ1n) is 5.77. The second kappa shape index (κ2) is 5.80. The summed E-state index contributed by atoms with van der Waals surface area (Å²) in [5, 5.41) is 0. The molecule has 0 aliphatic carbocycles. The van der Waals surface area contributed by atoms with Gasteiger partial charge in [0.15, 0.2) is 0 Å². The van der Waals surface area contributed by atoms with Gasteiger partial charge in [-0.2, -0.15) is 0 Å². The lowest BCUT2D eigenvalue weighted by Gasteiger charge is -2.06. The molecule has 0 bridgehead atoms. The topological polar surface area (TPSA) is 54.7 Å². The number of nitrogens with zero attached hydrogens (tertiary/aromatic N) is 1. The van der Waals surface area contributed by atoms with Gasteiger partial charge in [-0.3, -0.25) is 0 Å². The van der Waals surface area contributed by atoms with E-state index in [9.17, 15) is 0 Å². The van der Waals surface area contributed by atoms with Gasteiger partial charge in [0.1, 0.15) is 5.82 Å². The summed E-state index contributed by atoms with van der Waals surface area (Å²) in [6, 6.07) is 4.13. The van der Waals surface area contributed by atoms with Gasteiger partial charge in [-0.05, 0) is 34.5 Å². The molecule has 92 valence electrons. The fourth-order valence-corrected chi connectivity index (χ4v) is 3.02. The molecule has 2 heterocycles. The van der Waals surface area contributed by atoms with Crippen LogP contribution in [0.15, 0.2) is 22.1 Å². The number of nitrogens with two attached hydrogens (primary N) is 1. The second-order valence-electron chi connectivity index (χ2n) is 4.03. The number of rotatable bonds is 5. The van der Waals surface area contributed by atoms with E-state index in [-0.39, 0.29) is 6.04 Å². The van der Waals surface area contributed by atoms with E-state index in [0.29, 0.717) is 0 Å². The van der Waals surface area contributed by atoms with Gasteiger partial charge in [0.2, 0.25) is 0 Å². The summed E-state index contributed by atoms with van der Waals surface area (Å²) in [7, 11) is 0. The van der Waals surface area contributed by atoms with E-state index in [4.69, 9.17) is 5.73 Å². The van der Waals surface area contributed by atoms with Crippen LogP contribution < -0.4 is 5.73 Å². The Labute approximate surface area is 114 Å². The summed E-state index contributed by atoms with van der Waals surface area (Å²) >= 11 is 5.15. The summed E-state index contributed by atoms with van der Waals surface area (Å²) in [6.07, 6.45) is 5.15. The minimum atomic E-state index is 0.0205. The molecule has 0 aliphatic rings. The third-order valence-electron chi connectivity index (χ3n) is 2.65. The monoisotopic (exact) mass is 313 g/mol. The van der Waals surface area contributed by atoms with Crippen LogP contribution in [0.3, 0.4) is 0 Å². The average molecular weight is 314 g/mol. The molecule has 5 heteroatoms. The highest BCUT2D eigenvalue weighted by Crippen LogP contribution is 2.30. The highest BCUT2D eigenvalue weighted by Gasteiger charge is 2.11. The Hall–Kier alpha value is -0.650. The average Bonchev–Trinajstić information content (AvgIpc) is 2.93. The molecule has 2 aromatic rings. The summed E-state index contributed by atoms with van der Waals surface area (Å²) in [6.45, 7) is 2.17. The quantitative estimate of drug-likeness (QED) is 0.873. The van der Waals surface area contributed by atoms with Crippen LogP contribution in [0.4, 0.5) is 0 Å². The molecular weight excluding hydrogens is 298 g/mol. The number of imidazole rings is 1. The van der Waals surface area contributed by atoms with Crippen LogP contribution in [-0.2, 0) is 0 Å². The molecule has 0 saturated carbocycles. The van der Waals surface area contributed by atoms with Gasteiger partial charge in [0, 0.05) is 0 Å². The first-order valence-corrected chi connectivity index (χ1v) is 7.38. The van der Waals surface area contributed by atoms with E-state index in [2.05, 4.69) is 38.9 Å². The van der Waals surface area contributed by atoms with Gasteiger partial charge in [-0.15, -0.1) is 11.3 Å². The van der Waals surface area contributed by atoms with Crippen molar-refractivity contribution in [1.82, 2.24) is 9.97 Å². The molecule has 2 rings (SSSR count). The summed E-state index contributed by atoms with van der Waals surface area (Å²) < 4.78 is 1.12. The third-order valence-corrected chi connectivity index (χ3v) is 4.31. The molecule has 0 spiro atoms. The normalized spacial score (nSPS) is 12.9. The van der Waals surface area contributed by atoms with Crippen LogP contribution in [0, 0.1) is 0 Å². The van der Waals surface area contributed by atoms with Gasteiger partial charge in [0.05, 0.1) is 26.6 Å². The smallest absolute Gasteiger partial charge is 0.123 e. The molecule has 0 aliphatic heterocycles. The fourth-order valence-electron chi connectivity index (χ4n) is 1.67. The molecule has 0 saturated heterocycles. The Kier molecular flexibility index (Phi) is 4.36. The van der Waals surface area contributed by atoms with Crippen molar-refractivity contribution in [1.29, 1.82) is 0 Å². The number of H-pyrrole nitrogens is 1. The fraction of sp³-hybridized carbons (Fsp3) is 0.417. The van der Waals surface area contributed by atoms with Crippen LogP contribution in [0.2, 0.25) is 0 Å². The number of hydrogen-bond donors (Lipinski definition) is 2. The molecular formula is C12H16BrN3S. The van der Waals surface area contributed by atoms with E-state index in [1.165, 1.54) is 11.3 Å². The van der Waals surface area contributed by atoms with Gasteiger partial charge in [0.25, 0.3) is 0 Å². The van der Waals surface area contributed by atoms with E-state index >= 15 is 0 Å². The van der Waals surface area contributed by atoms with E-state index in [1.54, 1.807) is 11.3 Å². The van der Waals surface area contributed by atoms with Crippen molar-refractivity contribution in [3.8, 4) is 10.6 Å². The molecule has 1 atom stereocenters. The van der Waals surface area contributed by atoms with Crippen LogP contribution in [0.25, 0.3) is 10.6 Å². The van der Waals surface area contributed by atoms with Crippen molar-refractivity contribution >= 4 is 27.3 Å². The summed E-state index contributed by atoms with van der Waals surface area (Å²) in [5.74, 6) is 0.887. The molecule has 2 aromatic heterocycles. The molecule has 0 aromatic carbocycles. The van der Waals surface area contributed by atoms with Gasteiger partial charge in [-0.1, -0.05) is 19.8 Å². The van der Waals surface area contributed by atoms with Crippen LogP contribution in [0.1, 0.15) is 38.1 Å². The molecule has 3 nitrogen and oxygen atoms in total. The maximum atomic E-state index is 6.08. The number of nitrogens with one attached hydrogen (secondary N) is 1. The molecule has 3 N–H and O–H groups in total. The molecule has 0 radical (unpaired) electrons. The predicted octanol–water partition coefficient (Wildman–Crippen LogP) is 4.09. The van der Waals surface area contributed by atoms with Crippen molar-refractivity contribution < 1.29 is 0 Å².